The van der Waals surface area contributed by atoms with Crippen molar-refractivity contribution in [1.82, 2.24) is 5.32 Å². The molecule has 1 atom stereocenters. The summed E-state index contributed by atoms with van der Waals surface area (Å²) in [5.41, 5.74) is 2.55. The normalized spacial score (nSPS) is 17.2. The summed E-state index contributed by atoms with van der Waals surface area (Å²) in [6, 6.07) is 6.99. The van der Waals surface area contributed by atoms with Crippen LogP contribution in [-0.2, 0) is 0 Å². The zero-order valence-corrected chi connectivity index (χ0v) is 10.4. The fraction of sp³-hybridized carbons (Fsp3) is 0.571. The van der Waals surface area contributed by atoms with Crippen molar-refractivity contribution < 1.29 is 4.74 Å². The van der Waals surface area contributed by atoms with Gasteiger partial charge in [-0.05, 0) is 43.5 Å². The molecule has 1 fully saturated rings. The highest BCUT2D eigenvalue weighted by atomic mass is 16.5. The van der Waals surface area contributed by atoms with Crippen molar-refractivity contribution >= 4 is 0 Å². The minimum absolute atomic E-state index is 0.474. The lowest BCUT2D eigenvalue weighted by Crippen LogP contribution is -2.17. The SMILES string of the molecule is CNC(CC1CC1)c1ccc(C)c(OC)c1. The highest BCUT2D eigenvalue weighted by molar-refractivity contribution is 5.37. The molecule has 1 saturated carbocycles. The van der Waals surface area contributed by atoms with E-state index in [0.29, 0.717) is 6.04 Å². The molecule has 0 radical (unpaired) electrons. The van der Waals surface area contributed by atoms with Crippen LogP contribution in [0.15, 0.2) is 18.2 Å². The molecule has 1 N–H and O–H groups in total. The van der Waals surface area contributed by atoms with E-state index < -0.39 is 0 Å². The van der Waals surface area contributed by atoms with Crippen LogP contribution in [-0.4, -0.2) is 14.2 Å². The molecule has 0 saturated heterocycles. The van der Waals surface area contributed by atoms with E-state index in [1.807, 2.05) is 7.05 Å². The second kappa shape index (κ2) is 4.88. The second-order valence-corrected chi connectivity index (χ2v) is 4.75. The summed E-state index contributed by atoms with van der Waals surface area (Å²) in [5, 5.41) is 3.40. The van der Waals surface area contributed by atoms with Crippen LogP contribution in [0.1, 0.15) is 36.4 Å². The van der Waals surface area contributed by atoms with E-state index in [4.69, 9.17) is 4.74 Å². The molecule has 0 amide bonds. The van der Waals surface area contributed by atoms with Gasteiger partial charge in [-0.1, -0.05) is 25.0 Å². The van der Waals surface area contributed by atoms with Crippen LogP contribution >= 0.6 is 0 Å². The third-order valence-corrected chi connectivity index (χ3v) is 3.45. The Morgan fingerprint density at radius 2 is 2.19 bits per heavy atom. The molecule has 88 valence electrons. The number of ether oxygens (including phenoxy) is 1. The van der Waals surface area contributed by atoms with Crippen LogP contribution < -0.4 is 10.1 Å². The molecule has 2 heteroatoms. The van der Waals surface area contributed by atoms with E-state index in [2.05, 4.69) is 30.4 Å². The zero-order valence-electron chi connectivity index (χ0n) is 10.4. The van der Waals surface area contributed by atoms with Gasteiger partial charge in [-0.3, -0.25) is 0 Å². The minimum Gasteiger partial charge on any atom is -0.496 e. The quantitative estimate of drug-likeness (QED) is 0.821. The summed E-state index contributed by atoms with van der Waals surface area (Å²) in [6.07, 6.45) is 4.06. The Morgan fingerprint density at radius 3 is 2.75 bits per heavy atom. The Morgan fingerprint density at radius 1 is 1.44 bits per heavy atom. The molecule has 0 aromatic heterocycles. The first kappa shape index (κ1) is 11.5. The first-order chi connectivity index (χ1) is 7.74. The lowest BCUT2D eigenvalue weighted by atomic mass is 9.99. The van der Waals surface area contributed by atoms with Crippen molar-refractivity contribution in [3.63, 3.8) is 0 Å². The topological polar surface area (TPSA) is 21.3 Å². The van der Waals surface area contributed by atoms with Crippen molar-refractivity contribution in [1.29, 1.82) is 0 Å². The number of methoxy groups -OCH3 is 1. The molecule has 1 aliphatic rings. The van der Waals surface area contributed by atoms with Crippen LogP contribution in [0, 0.1) is 12.8 Å². The maximum Gasteiger partial charge on any atom is 0.122 e. The molecule has 1 aliphatic carbocycles. The Hall–Kier alpha value is -1.02. The Labute approximate surface area is 98.0 Å². The number of hydrogen-bond acceptors (Lipinski definition) is 2. The molecular weight excluding hydrogens is 198 g/mol. The lowest BCUT2D eigenvalue weighted by molar-refractivity contribution is 0.409. The molecule has 1 aromatic carbocycles. The summed E-state index contributed by atoms with van der Waals surface area (Å²) in [6.45, 7) is 2.08. The third kappa shape index (κ3) is 2.56. The van der Waals surface area contributed by atoms with E-state index in [0.717, 1.165) is 11.7 Å². The smallest absolute Gasteiger partial charge is 0.122 e. The van der Waals surface area contributed by atoms with E-state index in [1.165, 1.54) is 30.4 Å². The van der Waals surface area contributed by atoms with Crippen molar-refractivity contribution in [3.8, 4) is 5.75 Å². The van der Waals surface area contributed by atoms with Gasteiger partial charge in [-0.15, -0.1) is 0 Å². The molecule has 0 aliphatic heterocycles. The van der Waals surface area contributed by atoms with Gasteiger partial charge in [-0.25, -0.2) is 0 Å². The van der Waals surface area contributed by atoms with E-state index in [9.17, 15) is 0 Å². The van der Waals surface area contributed by atoms with Crippen LogP contribution in [0.2, 0.25) is 0 Å². The Kier molecular flexibility index (Phi) is 3.49. The molecular formula is C14H21NO. The van der Waals surface area contributed by atoms with Crippen LogP contribution in [0.25, 0.3) is 0 Å². The predicted octanol–water partition coefficient (Wildman–Crippen LogP) is 3.06. The van der Waals surface area contributed by atoms with Gasteiger partial charge < -0.3 is 10.1 Å². The van der Waals surface area contributed by atoms with Gasteiger partial charge in [0.2, 0.25) is 0 Å². The average Bonchev–Trinajstić information content (AvgIpc) is 3.11. The van der Waals surface area contributed by atoms with Crippen molar-refractivity contribution in [2.75, 3.05) is 14.2 Å². The molecule has 2 nitrogen and oxygen atoms in total. The van der Waals surface area contributed by atoms with E-state index >= 15 is 0 Å². The van der Waals surface area contributed by atoms with Gasteiger partial charge in [0.25, 0.3) is 0 Å². The van der Waals surface area contributed by atoms with E-state index in [-0.39, 0.29) is 0 Å². The fourth-order valence-corrected chi connectivity index (χ4v) is 2.16. The van der Waals surface area contributed by atoms with E-state index in [1.54, 1.807) is 7.11 Å². The van der Waals surface area contributed by atoms with Gasteiger partial charge in [0, 0.05) is 6.04 Å². The maximum absolute atomic E-state index is 5.37. The minimum atomic E-state index is 0.474. The number of hydrogen-bond donors (Lipinski definition) is 1. The summed E-state index contributed by atoms with van der Waals surface area (Å²) >= 11 is 0. The zero-order chi connectivity index (χ0) is 11.5. The number of nitrogens with one attached hydrogen (secondary N) is 1. The number of rotatable bonds is 5. The predicted molar refractivity (Wildman–Crippen MR) is 66.9 cm³/mol. The molecule has 0 spiro atoms. The Balaban J connectivity index is 2.16. The highest BCUT2D eigenvalue weighted by Gasteiger charge is 2.25. The maximum atomic E-state index is 5.37. The van der Waals surface area contributed by atoms with Gasteiger partial charge in [0.15, 0.2) is 0 Å². The van der Waals surface area contributed by atoms with Crippen molar-refractivity contribution in [2.45, 2.75) is 32.2 Å². The number of benzene rings is 1. The van der Waals surface area contributed by atoms with Crippen LogP contribution in [0.5, 0.6) is 5.75 Å². The van der Waals surface area contributed by atoms with Crippen LogP contribution in [0.3, 0.4) is 0 Å². The molecule has 1 unspecified atom stereocenters. The molecule has 0 bridgehead atoms. The van der Waals surface area contributed by atoms with Crippen LogP contribution in [0.4, 0.5) is 0 Å². The third-order valence-electron chi connectivity index (χ3n) is 3.45. The molecule has 1 aromatic rings. The van der Waals surface area contributed by atoms with Crippen molar-refractivity contribution in [2.24, 2.45) is 5.92 Å². The van der Waals surface area contributed by atoms with Gasteiger partial charge >= 0.3 is 0 Å². The van der Waals surface area contributed by atoms with Gasteiger partial charge in [0.1, 0.15) is 5.75 Å². The monoisotopic (exact) mass is 219 g/mol. The lowest BCUT2D eigenvalue weighted by Gasteiger charge is -2.17. The van der Waals surface area contributed by atoms with Gasteiger partial charge in [0.05, 0.1) is 7.11 Å². The summed E-state index contributed by atoms with van der Waals surface area (Å²) in [7, 11) is 3.78. The molecule has 16 heavy (non-hydrogen) atoms. The summed E-state index contributed by atoms with van der Waals surface area (Å²) in [4.78, 5) is 0. The Bertz CT molecular complexity index is 358. The first-order valence-corrected chi connectivity index (χ1v) is 6.06. The number of aryl methyl sites for hydroxylation is 1. The highest BCUT2D eigenvalue weighted by Crippen LogP contribution is 2.38. The molecule has 0 heterocycles. The molecule has 2 rings (SSSR count). The summed E-state index contributed by atoms with van der Waals surface area (Å²) < 4.78 is 5.37. The van der Waals surface area contributed by atoms with Crippen molar-refractivity contribution in [3.05, 3.63) is 29.3 Å². The fourth-order valence-electron chi connectivity index (χ4n) is 2.16. The van der Waals surface area contributed by atoms with Gasteiger partial charge in [-0.2, -0.15) is 0 Å². The average molecular weight is 219 g/mol. The second-order valence-electron chi connectivity index (χ2n) is 4.75. The largest absolute Gasteiger partial charge is 0.496 e. The summed E-state index contributed by atoms with van der Waals surface area (Å²) in [5.74, 6) is 1.93. The standard InChI is InChI=1S/C14H21NO/c1-10-4-7-12(9-14(10)16-3)13(15-2)8-11-5-6-11/h4,7,9,11,13,15H,5-6,8H2,1-3H3. The first-order valence-electron chi connectivity index (χ1n) is 6.06.